The first-order valence-electron chi connectivity index (χ1n) is 2.61. The molecular formula is C5H11NO2S. The lowest BCUT2D eigenvalue weighted by Crippen LogP contribution is -2.26. The number of amides is 1. The maximum absolute atomic E-state index is 10.1. The molecule has 0 aliphatic heterocycles. The molecule has 0 aliphatic carbocycles. The van der Waals surface area contributed by atoms with Gasteiger partial charge in [0.05, 0.1) is 0 Å². The molecule has 0 bridgehead atoms. The molecule has 0 aromatic rings. The highest BCUT2D eigenvalue weighted by Crippen LogP contribution is 1.92. The molecule has 0 unspecified atom stereocenters. The van der Waals surface area contributed by atoms with Crippen LogP contribution in [-0.2, 0) is 0 Å². The van der Waals surface area contributed by atoms with Gasteiger partial charge in [-0.3, -0.25) is 0 Å². The summed E-state index contributed by atoms with van der Waals surface area (Å²) >= 11 is 1.64. The molecule has 0 aliphatic rings. The molecule has 0 aromatic heterocycles. The van der Waals surface area contributed by atoms with E-state index in [1.807, 2.05) is 6.26 Å². The summed E-state index contributed by atoms with van der Waals surface area (Å²) in [6.45, 7) is 0.608. The quantitative estimate of drug-likeness (QED) is 0.649. The Bertz CT molecular complexity index is 97.0. The first-order chi connectivity index (χ1) is 4.18. The summed E-state index contributed by atoms with van der Waals surface area (Å²) in [6.07, 6.45) is 1.10. The predicted octanol–water partition coefficient (Wildman–Crippen LogP) is 0.959. The third-order valence-electron chi connectivity index (χ3n) is 0.957. The van der Waals surface area contributed by atoms with Gasteiger partial charge >= 0.3 is 6.09 Å². The molecule has 0 saturated carbocycles. The summed E-state index contributed by atoms with van der Waals surface area (Å²) in [5.74, 6) is 0.864. The van der Waals surface area contributed by atoms with E-state index in [0.717, 1.165) is 5.75 Å². The van der Waals surface area contributed by atoms with Gasteiger partial charge in [0.1, 0.15) is 0 Å². The van der Waals surface area contributed by atoms with Crippen LogP contribution < -0.4 is 0 Å². The summed E-state index contributed by atoms with van der Waals surface area (Å²) in [5.41, 5.74) is 0. The average Bonchev–Trinajstić information content (AvgIpc) is 1.82. The van der Waals surface area contributed by atoms with Gasteiger partial charge < -0.3 is 10.0 Å². The number of hydrogen-bond acceptors (Lipinski definition) is 2. The van der Waals surface area contributed by atoms with Crippen molar-refractivity contribution in [1.29, 1.82) is 0 Å². The molecule has 0 heterocycles. The Morgan fingerprint density at radius 3 is 2.67 bits per heavy atom. The van der Waals surface area contributed by atoms with Gasteiger partial charge in [0.2, 0.25) is 0 Å². The van der Waals surface area contributed by atoms with Crippen LogP contribution >= 0.6 is 11.8 Å². The fourth-order valence-electron chi connectivity index (χ4n) is 0.324. The second-order valence-electron chi connectivity index (χ2n) is 1.70. The van der Waals surface area contributed by atoms with Crippen LogP contribution in [0.4, 0.5) is 4.79 Å². The third kappa shape index (κ3) is 4.14. The van der Waals surface area contributed by atoms with Crippen LogP contribution in [0.1, 0.15) is 0 Å². The van der Waals surface area contributed by atoms with E-state index in [1.165, 1.54) is 4.90 Å². The van der Waals surface area contributed by atoms with Gasteiger partial charge in [0.25, 0.3) is 0 Å². The normalized spacial score (nSPS) is 9.11. The molecular weight excluding hydrogens is 138 g/mol. The maximum Gasteiger partial charge on any atom is 0.407 e. The molecule has 1 N–H and O–H groups in total. The minimum atomic E-state index is -0.857. The summed E-state index contributed by atoms with van der Waals surface area (Å²) in [4.78, 5) is 11.4. The molecule has 0 atom stereocenters. The lowest BCUT2D eigenvalue weighted by molar-refractivity contribution is 0.158. The molecule has 0 saturated heterocycles. The van der Waals surface area contributed by atoms with Crippen molar-refractivity contribution in [1.82, 2.24) is 4.90 Å². The van der Waals surface area contributed by atoms with Crippen molar-refractivity contribution in [3.63, 3.8) is 0 Å². The highest BCUT2D eigenvalue weighted by Gasteiger charge is 2.01. The maximum atomic E-state index is 10.1. The third-order valence-corrected chi connectivity index (χ3v) is 1.55. The largest absolute Gasteiger partial charge is 0.465 e. The molecule has 0 aromatic carbocycles. The van der Waals surface area contributed by atoms with E-state index in [9.17, 15) is 4.79 Å². The smallest absolute Gasteiger partial charge is 0.407 e. The van der Waals surface area contributed by atoms with Gasteiger partial charge in [-0.2, -0.15) is 11.8 Å². The summed E-state index contributed by atoms with van der Waals surface area (Å²) < 4.78 is 0. The highest BCUT2D eigenvalue weighted by atomic mass is 32.2. The van der Waals surface area contributed by atoms with Gasteiger partial charge in [-0.15, -0.1) is 0 Å². The van der Waals surface area contributed by atoms with Gasteiger partial charge in [-0.05, 0) is 6.26 Å². The van der Waals surface area contributed by atoms with Crippen molar-refractivity contribution in [2.24, 2.45) is 0 Å². The SMILES string of the molecule is CSCCN(C)C(=O)O. The Morgan fingerprint density at radius 2 is 2.33 bits per heavy atom. The topological polar surface area (TPSA) is 40.5 Å². The summed E-state index contributed by atoms with van der Waals surface area (Å²) in [5, 5.41) is 8.33. The lowest BCUT2D eigenvalue weighted by Gasteiger charge is -2.10. The molecule has 3 nitrogen and oxygen atoms in total. The number of carboxylic acid groups (broad SMARTS) is 1. The van der Waals surface area contributed by atoms with Crippen LogP contribution in [0.15, 0.2) is 0 Å². The van der Waals surface area contributed by atoms with E-state index < -0.39 is 6.09 Å². The molecule has 0 rings (SSSR count). The number of carbonyl (C=O) groups is 1. The van der Waals surface area contributed by atoms with E-state index in [1.54, 1.807) is 18.8 Å². The van der Waals surface area contributed by atoms with Crippen LogP contribution in [0.2, 0.25) is 0 Å². The van der Waals surface area contributed by atoms with Crippen molar-refractivity contribution >= 4 is 17.9 Å². The standard InChI is InChI=1S/C5H11NO2S/c1-6(5(7)8)3-4-9-2/h3-4H2,1-2H3,(H,7,8). The van der Waals surface area contributed by atoms with Crippen molar-refractivity contribution in [2.45, 2.75) is 0 Å². The summed E-state index contributed by atoms with van der Waals surface area (Å²) in [7, 11) is 1.57. The number of thioether (sulfide) groups is 1. The van der Waals surface area contributed by atoms with Gasteiger partial charge in [-0.1, -0.05) is 0 Å². The number of rotatable bonds is 3. The van der Waals surface area contributed by atoms with Crippen molar-refractivity contribution in [3.05, 3.63) is 0 Å². The summed E-state index contributed by atoms with van der Waals surface area (Å²) in [6, 6.07) is 0. The Balaban J connectivity index is 3.27. The number of nitrogens with zero attached hydrogens (tertiary/aromatic N) is 1. The van der Waals surface area contributed by atoms with Crippen molar-refractivity contribution < 1.29 is 9.90 Å². The van der Waals surface area contributed by atoms with E-state index in [-0.39, 0.29) is 0 Å². The van der Waals surface area contributed by atoms with Gasteiger partial charge in [0, 0.05) is 19.3 Å². The molecule has 9 heavy (non-hydrogen) atoms. The second-order valence-corrected chi connectivity index (χ2v) is 2.68. The Morgan fingerprint density at radius 1 is 1.78 bits per heavy atom. The first kappa shape index (κ1) is 8.62. The molecule has 54 valence electrons. The van der Waals surface area contributed by atoms with Crippen LogP contribution in [0.25, 0.3) is 0 Å². The van der Waals surface area contributed by atoms with E-state index >= 15 is 0 Å². The van der Waals surface area contributed by atoms with Crippen LogP contribution in [0.5, 0.6) is 0 Å². The fourth-order valence-corrected chi connectivity index (χ4v) is 0.780. The first-order valence-corrected chi connectivity index (χ1v) is 4.01. The van der Waals surface area contributed by atoms with Crippen LogP contribution in [0, 0.1) is 0 Å². The number of hydrogen-bond donors (Lipinski definition) is 1. The zero-order chi connectivity index (χ0) is 7.28. The van der Waals surface area contributed by atoms with Crippen LogP contribution in [-0.4, -0.2) is 41.7 Å². The predicted molar refractivity (Wildman–Crippen MR) is 39.0 cm³/mol. The molecule has 0 radical (unpaired) electrons. The zero-order valence-electron chi connectivity index (χ0n) is 5.63. The molecule has 1 amide bonds. The van der Waals surface area contributed by atoms with Crippen molar-refractivity contribution in [3.8, 4) is 0 Å². The monoisotopic (exact) mass is 149 g/mol. The minimum absolute atomic E-state index is 0.608. The van der Waals surface area contributed by atoms with Crippen LogP contribution in [0.3, 0.4) is 0 Å². The van der Waals surface area contributed by atoms with E-state index in [0.29, 0.717) is 6.54 Å². The lowest BCUT2D eigenvalue weighted by atomic mass is 10.7. The Hall–Kier alpha value is -0.380. The molecule has 0 fully saturated rings. The molecule has 4 heteroatoms. The highest BCUT2D eigenvalue weighted by molar-refractivity contribution is 7.98. The average molecular weight is 149 g/mol. The van der Waals surface area contributed by atoms with Gasteiger partial charge in [-0.25, -0.2) is 4.79 Å². The van der Waals surface area contributed by atoms with E-state index in [2.05, 4.69) is 0 Å². The van der Waals surface area contributed by atoms with Crippen molar-refractivity contribution in [2.75, 3.05) is 25.6 Å². The minimum Gasteiger partial charge on any atom is -0.465 e. The second kappa shape index (κ2) is 4.49. The Labute approximate surface area is 59.0 Å². The Kier molecular flexibility index (Phi) is 4.30. The molecule has 0 spiro atoms. The van der Waals surface area contributed by atoms with E-state index in [4.69, 9.17) is 5.11 Å². The zero-order valence-corrected chi connectivity index (χ0v) is 6.44. The fraction of sp³-hybridized carbons (Fsp3) is 0.800. The van der Waals surface area contributed by atoms with Gasteiger partial charge in [0.15, 0.2) is 0 Å².